The highest BCUT2D eigenvalue weighted by Crippen LogP contribution is 1.96. The first-order valence-electron chi connectivity index (χ1n) is 4.45. The molecule has 0 aliphatic heterocycles. The van der Waals surface area contributed by atoms with Gasteiger partial charge in [0.05, 0.1) is 12.3 Å². The van der Waals surface area contributed by atoms with E-state index in [-0.39, 0.29) is 11.6 Å². The van der Waals surface area contributed by atoms with Crippen LogP contribution in [0, 0.1) is 0 Å². The predicted octanol–water partition coefficient (Wildman–Crippen LogP) is -0.194. The first kappa shape index (κ1) is 10.9. The molecular formula is C9H15N3O2. The average molecular weight is 197 g/mol. The van der Waals surface area contributed by atoms with Gasteiger partial charge in [-0.3, -0.25) is 4.79 Å². The highest BCUT2D eigenvalue weighted by atomic mass is 16.5. The molecule has 0 saturated heterocycles. The predicted molar refractivity (Wildman–Crippen MR) is 52.9 cm³/mol. The summed E-state index contributed by atoms with van der Waals surface area (Å²) in [5, 5.41) is 0. The molecule has 0 fully saturated rings. The van der Waals surface area contributed by atoms with Gasteiger partial charge in [-0.05, 0) is 6.92 Å². The van der Waals surface area contributed by atoms with Gasteiger partial charge in [0.25, 0.3) is 5.56 Å². The second-order valence-electron chi connectivity index (χ2n) is 3.30. The van der Waals surface area contributed by atoms with E-state index < -0.39 is 0 Å². The summed E-state index contributed by atoms with van der Waals surface area (Å²) in [5.41, 5.74) is 6.07. The number of aromatic amines is 1. The van der Waals surface area contributed by atoms with E-state index in [4.69, 9.17) is 10.5 Å². The molecule has 14 heavy (non-hydrogen) atoms. The van der Waals surface area contributed by atoms with Crippen LogP contribution >= 0.6 is 0 Å². The van der Waals surface area contributed by atoms with Gasteiger partial charge in [0, 0.05) is 25.6 Å². The van der Waals surface area contributed by atoms with Crippen LogP contribution in [-0.2, 0) is 17.8 Å². The van der Waals surface area contributed by atoms with E-state index in [1.54, 1.807) is 7.11 Å². The SMILES string of the molecule is COCc1cc(=O)[nH]c(CC(C)N)n1. The van der Waals surface area contributed by atoms with Crippen molar-refractivity contribution in [3.63, 3.8) is 0 Å². The number of hydrogen-bond acceptors (Lipinski definition) is 4. The highest BCUT2D eigenvalue weighted by molar-refractivity contribution is 5.02. The largest absolute Gasteiger partial charge is 0.378 e. The van der Waals surface area contributed by atoms with Crippen molar-refractivity contribution in [2.45, 2.75) is 26.0 Å². The smallest absolute Gasteiger partial charge is 0.251 e. The molecule has 0 spiro atoms. The maximum absolute atomic E-state index is 11.2. The number of aromatic nitrogens is 2. The maximum Gasteiger partial charge on any atom is 0.251 e. The van der Waals surface area contributed by atoms with Gasteiger partial charge < -0.3 is 15.5 Å². The molecule has 0 aromatic carbocycles. The Morgan fingerprint density at radius 1 is 1.71 bits per heavy atom. The summed E-state index contributed by atoms with van der Waals surface area (Å²) in [4.78, 5) is 18.0. The Morgan fingerprint density at radius 2 is 2.43 bits per heavy atom. The number of rotatable bonds is 4. The minimum absolute atomic E-state index is 0.0176. The van der Waals surface area contributed by atoms with Crippen LogP contribution in [0.25, 0.3) is 0 Å². The van der Waals surface area contributed by atoms with Gasteiger partial charge in [0.1, 0.15) is 5.82 Å². The van der Waals surface area contributed by atoms with Crippen molar-refractivity contribution in [2.75, 3.05) is 7.11 Å². The van der Waals surface area contributed by atoms with Gasteiger partial charge in [0.15, 0.2) is 0 Å². The standard InChI is InChI=1S/C9H15N3O2/c1-6(10)3-8-11-7(5-14-2)4-9(13)12-8/h4,6H,3,5,10H2,1-2H3,(H,11,12,13). The van der Waals surface area contributed by atoms with E-state index in [9.17, 15) is 4.79 Å². The van der Waals surface area contributed by atoms with E-state index in [1.807, 2.05) is 6.92 Å². The normalized spacial score (nSPS) is 12.8. The Labute approximate surface area is 82.3 Å². The fourth-order valence-corrected chi connectivity index (χ4v) is 1.19. The average Bonchev–Trinajstić information content (AvgIpc) is 2.01. The monoisotopic (exact) mass is 197 g/mol. The Balaban J connectivity index is 2.89. The van der Waals surface area contributed by atoms with Gasteiger partial charge >= 0.3 is 0 Å². The number of methoxy groups -OCH3 is 1. The highest BCUT2D eigenvalue weighted by Gasteiger charge is 2.03. The van der Waals surface area contributed by atoms with Crippen molar-refractivity contribution < 1.29 is 4.74 Å². The molecule has 5 heteroatoms. The fourth-order valence-electron chi connectivity index (χ4n) is 1.19. The summed E-state index contributed by atoms with van der Waals surface area (Å²) in [5.74, 6) is 0.611. The lowest BCUT2D eigenvalue weighted by Crippen LogP contribution is -2.22. The number of ether oxygens (including phenoxy) is 1. The first-order chi connectivity index (χ1) is 6.61. The molecule has 1 atom stereocenters. The summed E-state index contributed by atoms with van der Waals surface area (Å²) in [7, 11) is 1.56. The van der Waals surface area contributed by atoms with Crippen LogP contribution in [0.2, 0.25) is 0 Å². The maximum atomic E-state index is 11.2. The van der Waals surface area contributed by atoms with E-state index in [0.717, 1.165) is 0 Å². The van der Waals surface area contributed by atoms with Gasteiger partial charge in [-0.15, -0.1) is 0 Å². The van der Waals surface area contributed by atoms with Crippen LogP contribution in [-0.4, -0.2) is 23.1 Å². The number of nitrogens with zero attached hydrogens (tertiary/aromatic N) is 1. The van der Waals surface area contributed by atoms with Crippen molar-refractivity contribution in [1.29, 1.82) is 0 Å². The third kappa shape index (κ3) is 3.27. The van der Waals surface area contributed by atoms with Crippen LogP contribution in [0.5, 0.6) is 0 Å². The van der Waals surface area contributed by atoms with Gasteiger partial charge in [-0.1, -0.05) is 0 Å². The Bertz CT molecular complexity index is 346. The number of H-pyrrole nitrogens is 1. The van der Waals surface area contributed by atoms with Gasteiger partial charge in [0.2, 0.25) is 0 Å². The second kappa shape index (κ2) is 4.88. The van der Waals surface area contributed by atoms with Crippen LogP contribution in [0.3, 0.4) is 0 Å². The molecule has 1 unspecified atom stereocenters. The van der Waals surface area contributed by atoms with Crippen LogP contribution < -0.4 is 11.3 Å². The lowest BCUT2D eigenvalue weighted by Gasteiger charge is -2.05. The summed E-state index contributed by atoms with van der Waals surface area (Å²) < 4.78 is 4.90. The minimum Gasteiger partial charge on any atom is -0.378 e. The summed E-state index contributed by atoms with van der Waals surface area (Å²) in [6, 6.07) is 1.41. The lowest BCUT2D eigenvalue weighted by molar-refractivity contribution is 0.181. The molecule has 0 amide bonds. The number of hydrogen-bond donors (Lipinski definition) is 2. The topological polar surface area (TPSA) is 81.0 Å². The molecule has 1 aromatic heterocycles. The van der Waals surface area contributed by atoms with Gasteiger partial charge in [-0.25, -0.2) is 4.98 Å². The van der Waals surface area contributed by atoms with E-state index in [0.29, 0.717) is 24.5 Å². The molecule has 3 N–H and O–H groups in total. The van der Waals surface area contributed by atoms with Gasteiger partial charge in [-0.2, -0.15) is 0 Å². The van der Waals surface area contributed by atoms with Crippen molar-refractivity contribution in [2.24, 2.45) is 5.73 Å². The zero-order valence-electron chi connectivity index (χ0n) is 8.41. The van der Waals surface area contributed by atoms with E-state index >= 15 is 0 Å². The molecule has 78 valence electrons. The lowest BCUT2D eigenvalue weighted by atomic mass is 10.2. The zero-order valence-corrected chi connectivity index (χ0v) is 8.41. The number of nitrogens with two attached hydrogens (primary N) is 1. The zero-order chi connectivity index (χ0) is 10.6. The molecule has 0 aliphatic carbocycles. The molecule has 1 heterocycles. The van der Waals surface area contributed by atoms with E-state index in [2.05, 4.69) is 9.97 Å². The van der Waals surface area contributed by atoms with Crippen LogP contribution in [0.15, 0.2) is 10.9 Å². The molecule has 1 rings (SSSR count). The molecule has 0 aliphatic rings. The fraction of sp³-hybridized carbons (Fsp3) is 0.556. The summed E-state index contributed by atoms with van der Waals surface area (Å²) in [6.45, 7) is 2.21. The van der Waals surface area contributed by atoms with Crippen molar-refractivity contribution >= 4 is 0 Å². The third-order valence-corrected chi connectivity index (χ3v) is 1.65. The first-order valence-corrected chi connectivity index (χ1v) is 4.45. The van der Waals surface area contributed by atoms with Crippen molar-refractivity contribution in [3.05, 3.63) is 27.9 Å². The molecule has 1 aromatic rings. The quantitative estimate of drug-likeness (QED) is 0.700. The molecular weight excluding hydrogens is 182 g/mol. The van der Waals surface area contributed by atoms with Crippen molar-refractivity contribution in [1.82, 2.24) is 9.97 Å². The summed E-state index contributed by atoms with van der Waals surface area (Å²) in [6.07, 6.45) is 0.562. The Kier molecular flexibility index (Phi) is 3.79. The number of nitrogens with one attached hydrogen (secondary N) is 1. The van der Waals surface area contributed by atoms with Crippen LogP contribution in [0.1, 0.15) is 18.4 Å². The Morgan fingerprint density at radius 3 is 3.00 bits per heavy atom. The second-order valence-corrected chi connectivity index (χ2v) is 3.30. The minimum atomic E-state index is -0.164. The molecule has 0 saturated carbocycles. The Hall–Kier alpha value is -1.20. The van der Waals surface area contributed by atoms with Crippen LogP contribution in [0.4, 0.5) is 0 Å². The summed E-state index contributed by atoms with van der Waals surface area (Å²) >= 11 is 0. The molecule has 0 radical (unpaired) electrons. The molecule has 5 nitrogen and oxygen atoms in total. The third-order valence-electron chi connectivity index (χ3n) is 1.65. The van der Waals surface area contributed by atoms with Crippen molar-refractivity contribution in [3.8, 4) is 0 Å². The molecule has 0 bridgehead atoms. The van der Waals surface area contributed by atoms with E-state index in [1.165, 1.54) is 6.07 Å².